The van der Waals surface area contributed by atoms with Gasteiger partial charge in [0.25, 0.3) is 0 Å². The molecule has 0 aliphatic carbocycles. The van der Waals surface area contributed by atoms with E-state index in [-0.39, 0.29) is 0 Å². The summed E-state index contributed by atoms with van der Waals surface area (Å²) in [6.07, 6.45) is 3.88. The maximum atomic E-state index is 11.9. The molecule has 1 aromatic carbocycles. The van der Waals surface area contributed by atoms with E-state index in [0.29, 0.717) is 6.61 Å². The largest absolute Gasteiger partial charge is 0.444 e. The lowest BCUT2D eigenvalue weighted by atomic mass is 10.1. The molecule has 0 aliphatic heterocycles. The Balaban J connectivity index is 2.68. The van der Waals surface area contributed by atoms with Crippen LogP contribution < -0.4 is 5.32 Å². The van der Waals surface area contributed by atoms with Crippen LogP contribution in [0.3, 0.4) is 0 Å². The molecule has 0 bridgehead atoms. The van der Waals surface area contributed by atoms with Gasteiger partial charge in [-0.1, -0.05) is 30.3 Å². The lowest BCUT2D eigenvalue weighted by Crippen LogP contribution is -2.49. The van der Waals surface area contributed by atoms with Crippen LogP contribution in [0.25, 0.3) is 0 Å². The van der Waals surface area contributed by atoms with Crippen LogP contribution in [0.4, 0.5) is 4.79 Å². The van der Waals surface area contributed by atoms with Gasteiger partial charge < -0.3 is 14.8 Å². The Morgan fingerprint density at radius 1 is 1.26 bits per heavy atom. The van der Waals surface area contributed by atoms with Crippen molar-refractivity contribution in [3.8, 4) is 12.3 Å². The summed E-state index contributed by atoms with van der Waals surface area (Å²) in [6.45, 7) is 7.20. The summed E-state index contributed by atoms with van der Waals surface area (Å²) in [7, 11) is 0. The quantitative estimate of drug-likeness (QED) is 0.647. The first kappa shape index (κ1) is 18.7. The number of terminal acetylenes is 1. The smallest absolute Gasteiger partial charge is 0.408 e. The Hall–Kier alpha value is -2.32. The minimum absolute atomic E-state index is 0.312. The highest BCUT2D eigenvalue weighted by molar-refractivity contribution is 6.01. The first-order valence-electron chi connectivity index (χ1n) is 7.38. The minimum Gasteiger partial charge on any atom is -0.444 e. The molecular formula is C18H23NO4. The van der Waals surface area contributed by atoms with Gasteiger partial charge in [0.2, 0.25) is 5.78 Å². The minimum atomic E-state index is -0.960. The molecule has 0 heterocycles. The number of amides is 1. The summed E-state index contributed by atoms with van der Waals surface area (Å²) in [5, 5.41) is 2.48. The molecule has 0 aliphatic rings. The van der Waals surface area contributed by atoms with Crippen LogP contribution in [0.2, 0.25) is 0 Å². The predicted octanol–water partition coefficient (Wildman–Crippen LogP) is 2.69. The van der Waals surface area contributed by atoms with Crippen molar-refractivity contribution in [1.82, 2.24) is 5.32 Å². The molecule has 1 rings (SSSR count). The van der Waals surface area contributed by atoms with Gasteiger partial charge in [0.1, 0.15) is 11.6 Å². The van der Waals surface area contributed by atoms with Gasteiger partial charge in [-0.25, -0.2) is 4.79 Å². The monoisotopic (exact) mass is 317 g/mol. The normalized spacial score (nSPS) is 13.5. The topological polar surface area (TPSA) is 64.6 Å². The predicted molar refractivity (Wildman–Crippen MR) is 87.7 cm³/mol. The van der Waals surface area contributed by atoms with Crippen molar-refractivity contribution in [2.75, 3.05) is 0 Å². The fourth-order valence-electron chi connectivity index (χ4n) is 1.82. The highest BCUT2D eigenvalue weighted by atomic mass is 16.6. The molecule has 5 heteroatoms. The Kier molecular flexibility index (Phi) is 6.80. The molecular weight excluding hydrogens is 294 g/mol. The number of benzene rings is 1. The maximum absolute atomic E-state index is 11.9. The Labute approximate surface area is 137 Å². The number of alkyl carbamates (subject to hydrolysis) is 1. The SMILES string of the molecule is C#CC(=O)C(NC(=O)OC(C)(C)C)C(C)OCc1ccccc1. The first-order valence-corrected chi connectivity index (χ1v) is 7.38. The van der Waals surface area contributed by atoms with E-state index in [0.717, 1.165) is 5.56 Å². The number of carbonyl (C=O) groups is 2. The summed E-state index contributed by atoms with van der Waals surface area (Å²) >= 11 is 0. The number of rotatable bonds is 6. The molecule has 2 atom stereocenters. The lowest BCUT2D eigenvalue weighted by Gasteiger charge is -2.25. The number of Topliss-reactive ketones (excluding diaryl/α,β-unsaturated/α-hetero) is 1. The lowest BCUT2D eigenvalue weighted by molar-refractivity contribution is -0.119. The molecule has 2 unspecified atom stereocenters. The second kappa shape index (κ2) is 8.35. The first-order chi connectivity index (χ1) is 10.7. The third kappa shape index (κ3) is 6.98. The van der Waals surface area contributed by atoms with Gasteiger partial charge >= 0.3 is 6.09 Å². The van der Waals surface area contributed by atoms with E-state index in [4.69, 9.17) is 15.9 Å². The summed E-state index contributed by atoms with van der Waals surface area (Å²) in [5.74, 6) is 1.46. The van der Waals surface area contributed by atoms with E-state index in [1.165, 1.54) is 0 Å². The average Bonchev–Trinajstić information content (AvgIpc) is 2.49. The van der Waals surface area contributed by atoms with Crippen molar-refractivity contribution in [1.29, 1.82) is 0 Å². The van der Waals surface area contributed by atoms with E-state index in [2.05, 4.69) is 5.32 Å². The summed E-state index contributed by atoms with van der Waals surface area (Å²) < 4.78 is 10.8. The number of hydrogen-bond acceptors (Lipinski definition) is 4. The van der Waals surface area contributed by atoms with Crippen molar-refractivity contribution in [3.63, 3.8) is 0 Å². The summed E-state index contributed by atoms with van der Waals surface area (Å²) in [4.78, 5) is 23.7. The molecule has 1 aromatic rings. The molecule has 23 heavy (non-hydrogen) atoms. The van der Waals surface area contributed by atoms with Gasteiger partial charge in [0, 0.05) is 0 Å². The summed E-state index contributed by atoms with van der Waals surface area (Å²) in [5.41, 5.74) is 0.297. The number of hydrogen-bond donors (Lipinski definition) is 1. The van der Waals surface area contributed by atoms with Gasteiger partial charge in [-0.15, -0.1) is 6.42 Å². The molecule has 0 radical (unpaired) electrons. The molecule has 1 N–H and O–H groups in total. The van der Waals surface area contributed by atoms with Crippen LogP contribution in [0, 0.1) is 12.3 Å². The fraction of sp³-hybridized carbons (Fsp3) is 0.444. The molecule has 1 amide bonds. The van der Waals surface area contributed by atoms with Gasteiger partial charge in [0.15, 0.2) is 0 Å². The maximum Gasteiger partial charge on any atom is 0.408 e. The fourth-order valence-corrected chi connectivity index (χ4v) is 1.82. The van der Waals surface area contributed by atoms with Crippen molar-refractivity contribution in [2.24, 2.45) is 0 Å². The Bertz CT molecular complexity index is 569. The molecule has 124 valence electrons. The number of ketones is 1. The molecule has 5 nitrogen and oxygen atoms in total. The van der Waals surface area contributed by atoms with Gasteiger partial charge in [-0.3, -0.25) is 4.79 Å². The van der Waals surface area contributed by atoms with Crippen molar-refractivity contribution >= 4 is 11.9 Å². The van der Waals surface area contributed by atoms with Crippen LogP contribution in [-0.4, -0.2) is 29.6 Å². The zero-order chi connectivity index (χ0) is 17.5. The molecule has 0 saturated heterocycles. The van der Waals surface area contributed by atoms with Crippen molar-refractivity contribution < 1.29 is 19.1 Å². The molecule has 0 saturated carbocycles. The van der Waals surface area contributed by atoms with Crippen LogP contribution in [0.1, 0.15) is 33.3 Å². The van der Waals surface area contributed by atoms with Crippen LogP contribution in [0.15, 0.2) is 30.3 Å². The van der Waals surface area contributed by atoms with E-state index in [9.17, 15) is 9.59 Å². The third-order valence-electron chi connectivity index (χ3n) is 2.92. The van der Waals surface area contributed by atoms with Gasteiger partial charge in [-0.05, 0) is 39.2 Å². The summed E-state index contributed by atoms with van der Waals surface area (Å²) in [6, 6.07) is 8.55. The van der Waals surface area contributed by atoms with Gasteiger partial charge in [0.05, 0.1) is 12.7 Å². The highest BCUT2D eigenvalue weighted by Crippen LogP contribution is 2.10. The Morgan fingerprint density at radius 2 is 1.87 bits per heavy atom. The van der Waals surface area contributed by atoms with Crippen LogP contribution in [-0.2, 0) is 20.9 Å². The average molecular weight is 317 g/mol. The molecule has 0 aromatic heterocycles. The Morgan fingerprint density at radius 3 is 2.39 bits per heavy atom. The van der Waals surface area contributed by atoms with Crippen LogP contribution >= 0.6 is 0 Å². The van der Waals surface area contributed by atoms with Crippen LogP contribution in [0.5, 0.6) is 0 Å². The van der Waals surface area contributed by atoms with E-state index >= 15 is 0 Å². The number of ether oxygens (including phenoxy) is 2. The number of carbonyl (C=O) groups excluding carboxylic acids is 2. The highest BCUT2D eigenvalue weighted by Gasteiger charge is 2.28. The standard InChI is InChI=1S/C18H23NO4/c1-6-15(20)16(19-17(21)23-18(3,4)5)13(2)22-12-14-10-8-7-9-11-14/h1,7-11,13,16H,12H2,2-5H3,(H,19,21). The third-order valence-corrected chi connectivity index (χ3v) is 2.92. The molecule has 0 spiro atoms. The van der Waals surface area contributed by atoms with Crippen molar-refractivity contribution in [2.45, 2.75) is 52.0 Å². The van der Waals surface area contributed by atoms with E-state index < -0.39 is 29.6 Å². The number of nitrogens with one attached hydrogen (secondary N) is 1. The zero-order valence-corrected chi connectivity index (χ0v) is 14.0. The molecule has 0 fully saturated rings. The van der Waals surface area contributed by atoms with E-state index in [1.807, 2.05) is 36.3 Å². The van der Waals surface area contributed by atoms with Crippen molar-refractivity contribution in [3.05, 3.63) is 35.9 Å². The second-order valence-electron chi connectivity index (χ2n) is 6.13. The zero-order valence-electron chi connectivity index (χ0n) is 14.0. The van der Waals surface area contributed by atoms with E-state index in [1.54, 1.807) is 27.7 Å². The van der Waals surface area contributed by atoms with Gasteiger partial charge in [-0.2, -0.15) is 0 Å². The second-order valence-corrected chi connectivity index (χ2v) is 6.13.